The third-order valence-electron chi connectivity index (χ3n) is 4.28. The Bertz CT molecular complexity index is 336. The van der Waals surface area contributed by atoms with Crippen molar-refractivity contribution >= 4 is 11.3 Å². The Morgan fingerprint density at radius 3 is 2.72 bits per heavy atom. The number of nitrogens with one attached hydrogen (secondary N) is 1. The molecule has 0 amide bonds. The highest BCUT2D eigenvalue weighted by molar-refractivity contribution is 7.07. The zero-order valence-corrected chi connectivity index (χ0v) is 12.9. The van der Waals surface area contributed by atoms with Crippen molar-refractivity contribution in [1.29, 1.82) is 0 Å². The molecule has 1 aromatic rings. The smallest absolute Gasteiger partial charge is 0.0100 e. The van der Waals surface area contributed by atoms with Crippen LogP contribution in [-0.4, -0.2) is 12.6 Å². The molecule has 1 aliphatic carbocycles. The van der Waals surface area contributed by atoms with E-state index in [2.05, 4.69) is 42.9 Å². The average molecular weight is 265 g/mol. The van der Waals surface area contributed by atoms with Gasteiger partial charge in [-0.1, -0.05) is 33.6 Å². The van der Waals surface area contributed by atoms with Crippen molar-refractivity contribution in [3.8, 4) is 0 Å². The summed E-state index contributed by atoms with van der Waals surface area (Å²) < 4.78 is 0. The summed E-state index contributed by atoms with van der Waals surface area (Å²) in [6.07, 6.45) is 6.77. The summed E-state index contributed by atoms with van der Waals surface area (Å²) in [6.45, 7) is 8.33. The van der Waals surface area contributed by atoms with Crippen molar-refractivity contribution in [2.45, 2.75) is 58.9 Å². The molecule has 1 heterocycles. The predicted molar refractivity (Wildman–Crippen MR) is 81.2 cm³/mol. The van der Waals surface area contributed by atoms with Gasteiger partial charge in [-0.3, -0.25) is 0 Å². The first-order valence-electron chi connectivity index (χ1n) is 7.32. The van der Waals surface area contributed by atoms with Crippen molar-refractivity contribution in [2.24, 2.45) is 11.3 Å². The molecule has 1 saturated carbocycles. The van der Waals surface area contributed by atoms with Crippen LogP contribution in [0.3, 0.4) is 0 Å². The molecule has 1 fully saturated rings. The molecular formula is C16H27NS. The molecular weight excluding hydrogens is 238 g/mol. The first kappa shape index (κ1) is 14.1. The number of hydrogen-bond acceptors (Lipinski definition) is 2. The van der Waals surface area contributed by atoms with Gasteiger partial charge in [0.25, 0.3) is 0 Å². The van der Waals surface area contributed by atoms with Crippen molar-refractivity contribution in [1.82, 2.24) is 5.32 Å². The fourth-order valence-corrected chi connectivity index (χ4v) is 3.95. The topological polar surface area (TPSA) is 12.0 Å². The minimum atomic E-state index is 0.445. The van der Waals surface area contributed by atoms with Crippen LogP contribution in [-0.2, 0) is 6.42 Å². The maximum Gasteiger partial charge on any atom is 0.0100 e. The lowest BCUT2D eigenvalue weighted by Crippen LogP contribution is -2.44. The minimum absolute atomic E-state index is 0.445. The second-order valence-electron chi connectivity index (χ2n) is 6.70. The average Bonchev–Trinajstić information content (AvgIpc) is 2.81. The summed E-state index contributed by atoms with van der Waals surface area (Å²) in [4.78, 5) is 0. The highest BCUT2D eigenvalue weighted by Gasteiger charge is 2.33. The van der Waals surface area contributed by atoms with Crippen molar-refractivity contribution < 1.29 is 0 Å². The van der Waals surface area contributed by atoms with Crippen LogP contribution in [0.5, 0.6) is 0 Å². The van der Waals surface area contributed by atoms with E-state index in [9.17, 15) is 0 Å². The highest BCUT2D eigenvalue weighted by Crippen LogP contribution is 2.37. The molecule has 2 heteroatoms. The summed E-state index contributed by atoms with van der Waals surface area (Å²) in [5.74, 6) is 0.841. The molecule has 1 nitrogen and oxygen atoms in total. The van der Waals surface area contributed by atoms with Crippen LogP contribution in [0, 0.1) is 11.3 Å². The monoisotopic (exact) mass is 265 g/mol. The largest absolute Gasteiger partial charge is 0.313 e. The standard InChI is InChI=1S/C16H27NS/c1-16(2,3)14-6-4-5-7-15(14)17-10-8-13-9-11-18-12-13/h9,11-12,14-15,17H,4-8,10H2,1-3H3. The summed E-state index contributed by atoms with van der Waals surface area (Å²) in [7, 11) is 0. The van der Waals surface area contributed by atoms with Crippen LogP contribution in [0.4, 0.5) is 0 Å². The van der Waals surface area contributed by atoms with Gasteiger partial charge < -0.3 is 5.32 Å². The van der Waals surface area contributed by atoms with Crippen LogP contribution in [0.1, 0.15) is 52.0 Å². The Hall–Kier alpha value is -0.340. The van der Waals surface area contributed by atoms with Gasteiger partial charge in [-0.25, -0.2) is 0 Å². The van der Waals surface area contributed by atoms with Crippen molar-refractivity contribution in [3.63, 3.8) is 0 Å². The zero-order chi connectivity index (χ0) is 13.0. The van der Waals surface area contributed by atoms with E-state index in [1.54, 1.807) is 11.3 Å². The van der Waals surface area contributed by atoms with Crippen LogP contribution in [0.15, 0.2) is 16.8 Å². The first-order chi connectivity index (χ1) is 8.57. The lowest BCUT2D eigenvalue weighted by Gasteiger charge is -2.41. The van der Waals surface area contributed by atoms with Gasteiger partial charge in [0.2, 0.25) is 0 Å². The van der Waals surface area contributed by atoms with E-state index in [-0.39, 0.29) is 0 Å². The molecule has 0 spiro atoms. The van der Waals surface area contributed by atoms with Crippen molar-refractivity contribution in [3.05, 3.63) is 22.4 Å². The normalized spacial score (nSPS) is 25.3. The summed E-state index contributed by atoms with van der Waals surface area (Å²) in [5, 5.41) is 8.26. The van der Waals surface area contributed by atoms with E-state index in [1.165, 1.54) is 37.7 Å². The zero-order valence-electron chi connectivity index (χ0n) is 12.0. The molecule has 0 aliphatic heterocycles. The van der Waals surface area contributed by atoms with Crippen molar-refractivity contribution in [2.75, 3.05) is 6.54 Å². The van der Waals surface area contributed by atoms with Gasteiger partial charge in [0.15, 0.2) is 0 Å². The molecule has 0 bridgehead atoms. The fourth-order valence-electron chi connectivity index (χ4n) is 3.25. The molecule has 1 aromatic heterocycles. The Balaban J connectivity index is 1.82. The second kappa shape index (κ2) is 6.21. The molecule has 2 atom stereocenters. The number of rotatable bonds is 4. The predicted octanol–water partition coefficient (Wildman–Crippen LogP) is 4.49. The first-order valence-corrected chi connectivity index (χ1v) is 8.26. The van der Waals surface area contributed by atoms with Gasteiger partial charge in [-0.15, -0.1) is 0 Å². The number of thiophene rings is 1. The molecule has 1 N–H and O–H groups in total. The molecule has 18 heavy (non-hydrogen) atoms. The molecule has 0 aromatic carbocycles. The van der Waals surface area contributed by atoms with E-state index in [0.29, 0.717) is 5.41 Å². The summed E-state index contributed by atoms with van der Waals surface area (Å²) in [6, 6.07) is 2.98. The molecule has 2 rings (SSSR count). The molecule has 0 radical (unpaired) electrons. The van der Waals surface area contributed by atoms with E-state index >= 15 is 0 Å². The van der Waals surface area contributed by atoms with Gasteiger partial charge in [0.05, 0.1) is 0 Å². The Morgan fingerprint density at radius 2 is 2.06 bits per heavy atom. The maximum atomic E-state index is 3.82. The second-order valence-corrected chi connectivity index (χ2v) is 7.48. The van der Waals surface area contributed by atoms with Gasteiger partial charge in [0.1, 0.15) is 0 Å². The van der Waals surface area contributed by atoms with Gasteiger partial charge in [0, 0.05) is 6.04 Å². The molecule has 2 unspecified atom stereocenters. The van der Waals surface area contributed by atoms with Crippen LogP contribution >= 0.6 is 11.3 Å². The van der Waals surface area contributed by atoms with Crippen LogP contribution in [0.25, 0.3) is 0 Å². The van der Waals surface area contributed by atoms with E-state index < -0.39 is 0 Å². The molecule has 1 aliphatic rings. The SMILES string of the molecule is CC(C)(C)C1CCCCC1NCCc1ccsc1. The Labute approximate surface area is 116 Å². The quantitative estimate of drug-likeness (QED) is 0.846. The highest BCUT2D eigenvalue weighted by atomic mass is 32.1. The Morgan fingerprint density at radius 1 is 1.28 bits per heavy atom. The third-order valence-corrected chi connectivity index (χ3v) is 5.01. The lowest BCUT2D eigenvalue weighted by atomic mass is 9.69. The van der Waals surface area contributed by atoms with Crippen LogP contribution < -0.4 is 5.32 Å². The third kappa shape index (κ3) is 3.83. The lowest BCUT2D eigenvalue weighted by molar-refractivity contribution is 0.131. The Kier molecular flexibility index (Phi) is 4.85. The van der Waals surface area contributed by atoms with E-state index in [4.69, 9.17) is 0 Å². The minimum Gasteiger partial charge on any atom is -0.313 e. The van der Waals surface area contributed by atoms with Gasteiger partial charge in [-0.05, 0) is 59.5 Å². The van der Waals surface area contributed by atoms with Gasteiger partial charge >= 0.3 is 0 Å². The van der Waals surface area contributed by atoms with E-state index in [0.717, 1.165) is 18.5 Å². The molecule has 102 valence electrons. The van der Waals surface area contributed by atoms with Crippen LogP contribution in [0.2, 0.25) is 0 Å². The van der Waals surface area contributed by atoms with Gasteiger partial charge in [-0.2, -0.15) is 11.3 Å². The molecule has 0 saturated heterocycles. The maximum absolute atomic E-state index is 3.82. The number of hydrogen-bond donors (Lipinski definition) is 1. The fraction of sp³-hybridized carbons (Fsp3) is 0.750. The summed E-state index contributed by atoms with van der Waals surface area (Å²) >= 11 is 1.80. The summed E-state index contributed by atoms with van der Waals surface area (Å²) in [5.41, 5.74) is 1.93. The van der Waals surface area contributed by atoms with E-state index in [1.807, 2.05) is 0 Å².